The molecule has 1 atom stereocenters. The largest absolute Gasteiger partial charge is 0.479 e. The number of carbonyl (C=O) groups is 1. The monoisotopic (exact) mass is 224 g/mol. The van der Waals surface area contributed by atoms with E-state index in [1.54, 1.807) is 12.1 Å². The predicted molar refractivity (Wildman–Crippen MR) is 59.2 cm³/mol. The first-order chi connectivity index (χ1) is 7.70. The van der Waals surface area contributed by atoms with E-state index < -0.39 is 12.1 Å². The normalized spacial score (nSPS) is 12.4. The van der Waals surface area contributed by atoms with Gasteiger partial charge in [-0.25, -0.2) is 4.79 Å². The number of ether oxygens (including phenoxy) is 1. The molecule has 0 radical (unpaired) electrons. The van der Waals surface area contributed by atoms with Crippen molar-refractivity contribution in [3.63, 3.8) is 0 Å². The second-order valence-corrected chi connectivity index (χ2v) is 3.37. The van der Waals surface area contributed by atoms with Crippen molar-refractivity contribution in [2.24, 2.45) is 0 Å². The summed E-state index contributed by atoms with van der Waals surface area (Å²) in [5, 5.41) is 17.7. The van der Waals surface area contributed by atoms with Crippen molar-refractivity contribution < 1.29 is 19.7 Å². The van der Waals surface area contributed by atoms with Gasteiger partial charge in [-0.15, -0.1) is 0 Å². The first kappa shape index (κ1) is 12.7. The van der Waals surface area contributed by atoms with Gasteiger partial charge in [0.2, 0.25) is 0 Å². The molecule has 0 saturated heterocycles. The number of carboxylic acids is 1. The van der Waals surface area contributed by atoms with Crippen molar-refractivity contribution in [1.29, 1.82) is 0 Å². The first-order valence-electron chi connectivity index (χ1n) is 5.23. The number of rotatable bonds is 6. The quantitative estimate of drug-likeness (QED) is 0.766. The molecule has 1 aromatic carbocycles. The molecule has 0 amide bonds. The number of carboxylic acid groups (broad SMARTS) is 1. The molecule has 0 aliphatic heterocycles. The average molecular weight is 224 g/mol. The maximum absolute atomic E-state index is 11.1. The fraction of sp³-hybridized carbons (Fsp3) is 0.417. The van der Waals surface area contributed by atoms with E-state index in [-0.39, 0.29) is 13.2 Å². The summed E-state index contributed by atoms with van der Waals surface area (Å²) in [7, 11) is 0. The summed E-state index contributed by atoms with van der Waals surface area (Å²) in [6, 6.07) is 7.28. The molecule has 0 aliphatic rings. The summed E-state index contributed by atoms with van der Waals surface area (Å²) < 4.78 is 5.13. The van der Waals surface area contributed by atoms with Gasteiger partial charge in [-0.3, -0.25) is 0 Å². The van der Waals surface area contributed by atoms with Crippen LogP contribution in [0.15, 0.2) is 24.3 Å². The highest BCUT2D eigenvalue weighted by Gasteiger charge is 2.22. The van der Waals surface area contributed by atoms with Crippen molar-refractivity contribution in [2.75, 3.05) is 13.2 Å². The predicted octanol–water partition coefficient (Wildman–Crippen LogP) is 1.38. The fourth-order valence-corrected chi connectivity index (χ4v) is 1.58. The van der Waals surface area contributed by atoms with Crippen LogP contribution in [0.3, 0.4) is 0 Å². The first-order valence-corrected chi connectivity index (χ1v) is 5.23. The topological polar surface area (TPSA) is 66.8 Å². The van der Waals surface area contributed by atoms with Crippen LogP contribution in [0, 0.1) is 0 Å². The van der Waals surface area contributed by atoms with Gasteiger partial charge in [-0.1, -0.05) is 31.2 Å². The van der Waals surface area contributed by atoms with Crippen molar-refractivity contribution in [2.45, 2.75) is 19.4 Å². The number of aryl methyl sites for hydroxylation is 1. The Hall–Kier alpha value is -1.39. The van der Waals surface area contributed by atoms with Crippen LogP contribution in [0.25, 0.3) is 0 Å². The minimum Gasteiger partial charge on any atom is -0.479 e. The minimum atomic E-state index is -1.03. The van der Waals surface area contributed by atoms with Crippen LogP contribution in [0.1, 0.15) is 24.2 Å². The smallest absolute Gasteiger partial charge is 0.337 e. The highest BCUT2D eigenvalue weighted by atomic mass is 16.5. The molecular weight excluding hydrogens is 208 g/mol. The molecular formula is C12H16O4. The van der Waals surface area contributed by atoms with Gasteiger partial charge in [0.05, 0.1) is 13.2 Å². The molecule has 2 N–H and O–H groups in total. The molecule has 0 fully saturated rings. The molecule has 1 rings (SSSR count). The molecule has 0 aromatic heterocycles. The number of aliphatic carboxylic acids is 1. The van der Waals surface area contributed by atoms with Gasteiger partial charge < -0.3 is 14.9 Å². The second kappa shape index (κ2) is 6.25. The zero-order valence-electron chi connectivity index (χ0n) is 9.22. The van der Waals surface area contributed by atoms with Gasteiger partial charge >= 0.3 is 5.97 Å². The number of benzene rings is 1. The molecule has 1 aromatic rings. The van der Waals surface area contributed by atoms with Crippen molar-refractivity contribution in [3.8, 4) is 0 Å². The molecule has 1 unspecified atom stereocenters. The molecule has 16 heavy (non-hydrogen) atoms. The molecule has 0 spiro atoms. The lowest BCUT2D eigenvalue weighted by Gasteiger charge is -2.16. The van der Waals surface area contributed by atoms with Crippen LogP contribution in [0.5, 0.6) is 0 Å². The van der Waals surface area contributed by atoms with E-state index in [9.17, 15) is 4.79 Å². The summed E-state index contributed by atoms with van der Waals surface area (Å²) in [5.41, 5.74) is 1.61. The van der Waals surface area contributed by atoms with Gasteiger partial charge in [0.25, 0.3) is 0 Å². The Morgan fingerprint density at radius 2 is 2.12 bits per heavy atom. The summed E-state index contributed by atoms with van der Waals surface area (Å²) in [5.74, 6) is -1.03. The Balaban J connectivity index is 2.95. The summed E-state index contributed by atoms with van der Waals surface area (Å²) in [6.07, 6.45) is -0.245. The van der Waals surface area contributed by atoms with E-state index in [0.717, 1.165) is 12.0 Å². The van der Waals surface area contributed by atoms with Crippen LogP contribution in [0.4, 0.5) is 0 Å². The van der Waals surface area contributed by atoms with Crippen molar-refractivity contribution in [3.05, 3.63) is 35.4 Å². The van der Waals surface area contributed by atoms with Gasteiger partial charge in [-0.05, 0) is 17.5 Å². The standard InChI is InChI=1S/C12H16O4/c1-2-9-5-3-4-6-10(9)11(12(14)15)16-8-7-13/h3-6,11,13H,2,7-8H2,1H3,(H,14,15). The molecule has 0 saturated carbocycles. The number of aliphatic hydroxyl groups excluding tert-OH is 1. The van der Waals surface area contributed by atoms with Crippen molar-refractivity contribution in [1.82, 2.24) is 0 Å². The third kappa shape index (κ3) is 3.05. The van der Waals surface area contributed by atoms with Gasteiger partial charge in [0, 0.05) is 0 Å². The second-order valence-electron chi connectivity index (χ2n) is 3.37. The zero-order chi connectivity index (χ0) is 12.0. The minimum absolute atomic E-state index is 0.0228. The highest BCUT2D eigenvalue weighted by Crippen LogP contribution is 2.22. The van der Waals surface area contributed by atoms with E-state index in [1.165, 1.54) is 0 Å². The van der Waals surface area contributed by atoms with E-state index in [0.29, 0.717) is 5.56 Å². The summed E-state index contributed by atoms with van der Waals surface area (Å²) >= 11 is 0. The third-order valence-electron chi connectivity index (χ3n) is 2.32. The van der Waals surface area contributed by atoms with E-state index >= 15 is 0 Å². The van der Waals surface area contributed by atoms with Crippen LogP contribution < -0.4 is 0 Å². The number of hydrogen-bond donors (Lipinski definition) is 2. The summed E-state index contributed by atoms with van der Waals surface area (Å²) in [4.78, 5) is 11.1. The molecule has 88 valence electrons. The number of aliphatic hydroxyl groups is 1. The Labute approximate surface area is 94.5 Å². The molecule has 0 aliphatic carbocycles. The maximum Gasteiger partial charge on any atom is 0.337 e. The van der Waals surface area contributed by atoms with Gasteiger partial charge in [0.15, 0.2) is 6.10 Å². The van der Waals surface area contributed by atoms with Gasteiger partial charge in [-0.2, -0.15) is 0 Å². The fourth-order valence-electron chi connectivity index (χ4n) is 1.58. The lowest BCUT2D eigenvalue weighted by molar-refractivity contribution is -0.151. The third-order valence-corrected chi connectivity index (χ3v) is 2.32. The van der Waals surface area contributed by atoms with Crippen LogP contribution in [-0.4, -0.2) is 29.4 Å². The molecule has 0 heterocycles. The lowest BCUT2D eigenvalue weighted by Crippen LogP contribution is -2.18. The van der Waals surface area contributed by atoms with E-state index in [2.05, 4.69) is 0 Å². The molecule has 4 heteroatoms. The lowest BCUT2D eigenvalue weighted by atomic mass is 10.0. The average Bonchev–Trinajstić information content (AvgIpc) is 2.29. The Bertz CT molecular complexity index is 349. The molecule has 4 nitrogen and oxygen atoms in total. The van der Waals surface area contributed by atoms with E-state index in [4.69, 9.17) is 14.9 Å². The van der Waals surface area contributed by atoms with Crippen LogP contribution in [-0.2, 0) is 16.0 Å². The highest BCUT2D eigenvalue weighted by molar-refractivity contribution is 5.75. The van der Waals surface area contributed by atoms with Crippen molar-refractivity contribution >= 4 is 5.97 Å². The number of hydrogen-bond acceptors (Lipinski definition) is 3. The zero-order valence-corrected chi connectivity index (χ0v) is 9.22. The molecule has 0 bridgehead atoms. The van der Waals surface area contributed by atoms with E-state index in [1.807, 2.05) is 19.1 Å². The SMILES string of the molecule is CCc1ccccc1C(OCCO)C(=O)O. The van der Waals surface area contributed by atoms with Crippen LogP contribution in [0.2, 0.25) is 0 Å². The Morgan fingerprint density at radius 3 is 2.69 bits per heavy atom. The maximum atomic E-state index is 11.1. The Morgan fingerprint density at radius 1 is 1.44 bits per heavy atom. The Kier molecular flexibility index (Phi) is 4.95. The summed E-state index contributed by atoms with van der Waals surface area (Å²) in [6.45, 7) is 1.80. The van der Waals surface area contributed by atoms with Crippen LogP contribution >= 0.6 is 0 Å². The van der Waals surface area contributed by atoms with Gasteiger partial charge in [0.1, 0.15) is 0 Å².